The molecule has 0 unspecified atom stereocenters. The number of hydrogen-bond donors (Lipinski definition) is 0. The lowest BCUT2D eigenvalue weighted by Crippen LogP contribution is -1.95. The van der Waals surface area contributed by atoms with Crippen LogP contribution in [0.3, 0.4) is 0 Å². The van der Waals surface area contributed by atoms with Gasteiger partial charge >= 0.3 is 0 Å². The minimum atomic E-state index is -0.378. The SMILES string of the molecule is Cc1cc([N+](=O)[O-])c2ncc(C)c(C)c2c1. The van der Waals surface area contributed by atoms with E-state index in [2.05, 4.69) is 4.98 Å². The molecule has 0 saturated heterocycles. The van der Waals surface area contributed by atoms with Gasteiger partial charge in [0.05, 0.1) is 4.92 Å². The van der Waals surface area contributed by atoms with Gasteiger partial charge < -0.3 is 0 Å². The molecule has 4 heteroatoms. The third kappa shape index (κ3) is 1.52. The average Bonchev–Trinajstić information content (AvgIpc) is 2.23. The van der Waals surface area contributed by atoms with Crippen molar-refractivity contribution in [1.29, 1.82) is 0 Å². The molecule has 1 heterocycles. The monoisotopic (exact) mass is 216 g/mol. The van der Waals surface area contributed by atoms with E-state index in [0.29, 0.717) is 5.52 Å². The van der Waals surface area contributed by atoms with Gasteiger partial charge in [-0.15, -0.1) is 0 Å². The summed E-state index contributed by atoms with van der Waals surface area (Å²) in [5.74, 6) is 0. The molecule has 2 rings (SSSR count). The van der Waals surface area contributed by atoms with Crippen molar-refractivity contribution < 1.29 is 4.92 Å². The van der Waals surface area contributed by atoms with Gasteiger partial charge in [-0.1, -0.05) is 0 Å². The van der Waals surface area contributed by atoms with E-state index in [1.54, 1.807) is 12.3 Å². The number of fused-ring (bicyclic) bond motifs is 1. The normalized spacial score (nSPS) is 10.7. The number of aryl methyl sites for hydroxylation is 3. The quantitative estimate of drug-likeness (QED) is 0.543. The van der Waals surface area contributed by atoms with Crippen LogP contribution >= 0.6 is 0 Å². The number of nitrogens with zero attached hydrogens (tertiary/aromatic N) is 2. The Kier molecular flexibility index (Phi) is 2.34. The van der Waals surface area contributed by atoms with Crippen molar-refractivity contribution in [3.63, 3.8) is 0 Å². The molecule has 2 aromatic rings. The Morgan fingerprint density at radius 1 is 1.25 bits per heavy atom. The molecular weight excluding hydrogens is 204 g/mol. The summed E-state index contributed by atoms with van der Waals surface area (Å²) < 4.78 is 0. The highest BCUT2D eigenvalue weighted by Gasteiger charge is 2.15. The van der Waals surface area contributed by atoms with Crippen LogP contribution < -0.4 is 0 Å². The standard InChI is InChI=1S/C12H12N2O2/c1-7-4-10-9(3)8(2)6-13-12(10)11(5-7)14(15)16/h4-6H,1-3H3. The van der Waals surface area contributed by atoms with E-state index in [4.69, 9.17) is 0 Å². The summed E-state index contributed by atoms with van der Waals surface area (Å²) in [5.41, 5.74) is 3.54. The maximum absolute atomic E-state index is 10.9. The zero-order chi connectivity index (χ0) is 11.9. The van der Waals surface area contributed by atoms with Gasteiger partial charge in [-0.05, 0) is 43.5 Å². The number of nitro groups is 1. The van der Waals surface area contributed by atoms with Crippen molar-refractivity contribution in [1.82, 2.24) is 4.98 Å². The third-order valence-corrected chi connectivity index (χ3v) is 2.81. The second-order valence-electron chi connectivity index (χ2n) is 4.00. The van der Waals surface area contributed by atoms with Crippen LogP contribution in [0.1, 0.15) is 16.7 Å². The van der Waals surface area contributed by atoms with Gasteiger partial charge in [-0.2, -0.15) is 0 Å². The Morgan fingerprint density at radius 3 is 2.56 bits per heavy atom. The minimum absolute atomic E-state index is 0.0816. The van der Waals surface area contributed by atoms with E-state index in [0.717, 1.165) is 22.1 Å². The average molecular weight is 216 g/mol. The van der Waals surface area contributed by atoms with E-state index in [9.17, 15) is 10.1 Å². The summed E-state index contributed by atoms with van der Waals surface area (Å²) in [5, 5.41) is 11.8. The second kappa shape index (κ2) is 3.56. The van der Waals surface area contributed by atoms with E-state index in [-0.39, 0.29) is 10.6 Å². The predicted octanol–water partition coefficient (Wildman–Crippen LogP) is 3.07. The number of benzene rings is 1. The molecule has 0 fully saturated rings. The maximum Gasteiger partial charge on any atom is 0.295 e. The Labute approximate surface area is 93.1 Å². The smallest absolute Gasteiger partial charge is 0.258 e. The lowest BCUT2D eigenvalue weighted by atomic mass is 10.0. The minimum Gasteiger partial charge on any atom is -0.258 e. The van der Waals surface area contributed by atoms with Crippen LogP contribution in [0.2, 0.25) is 0 Å². The van der Waals surface area contributed by atoms with Crippen LogP contribution in [-0.2, 0) is 0 Å². The Balaban J connectivity index is 2.94. The molecule has 0 aliphatic rings. The summed E-state index contributed by atoms with van der Waals surface area (Å²) in [4.78, 5) is 14.7. The van der Waals surface area contributed by atoms with E-state index >= 15 is 0 Å². The first-order valence-electron chi connectivity index (χ1n) is 5.01. The highest BCUT2D eigenvalue weighted by atomic mass is 16.6. The van der Waals surface area contributed by atoms with Gasteiger partial charge in [0.2, 0.25) is 0 Å². The Hall–Kier alpha value is -1.97. The Bertz CT molecular complexity index is 591. The molecule has 0 atom stereocenters. The summed E-state index contributed by atoms with van der Waals surface area (Å²) in [6.45, 7) is 5.77. The molecule has 0 aliphatic carbocycles. The molecule has 0 amide bonds. The second-order valence-corrected chi connectivity index (χ2v) is 4.00. The van der Waals surface area contributed by atoms with Crippen molar-refractivity contribution in [2.45, 2.75) is 20.8 Å². The van der Waals surface area contributed by atoms with Crippen LogP contribution in [0, 0.1) is 30.9 Å². The fourth-order valence-electron chi connectivity index (χ4n) is 1.79. The summed E-state index contributed by atoms with van der Waals surface area (Å²) >= 11 is 0. The number of hydrogen-bond acceptors (Lipinski definition) is 3. The zero-order valence-electron chi connectivity index (χ0n) is 9.44. The molecule has 82 valence electrons. The van der Waals surface area contributed by atoms with Crippen LogP contribution in [0.15, 0.2) is 18.3 Å². The molecule has 16 heavy (non-hydrogen) atoms. The lowest BCUT2D eigenvalue weighted by Gasteiger charge is -2.06. The highest BCUT2D eigenvalue weighted by molar-refractivity contribution is 5.90. The van der Waals surface area contributed by atoms with Crippen molar-refractivity contribution in [2.24, 2.45) is 0 Å². The van der Waals surface area contributed by atoms with E-state index in [1.165, 1.54) is 0 Å². The molecule has 0 saturated carbocycles. The molecule has 1 aromatic carbocycles. The number of non-ortho nitro benzene ring substituents is 1. The van der Waals surface area contributed by atoms with Gasteiger partial charge in [-0.25, -0.2) is 4.98 Å². The predicted molar refractivity (Wildman–Crippen MR) is 62.6 cm³/mol. The molecule has 0 spiro atoms. The molecule has 1 aromatic heterocycles. The first-order chi connectivity index (χ1) is 7.50. The van der Waals surface area contributed by atoms with Gasteiger partial charge in [0.25, 0.3) is 5.69 Å². The number of rotatable bonds is 1. The van der Waals surface area contributed by atoms with Crippen LogP contribution in [0.4, 0.5) is 5.69 Å². The Morgan fingerprint density at radius 2 is 1.94 bits per heavy atom. The van der Waals surface area contributed by atoms with Crippen molar-refractivity contribution in [3.05, 3.63) is 45.1 Å². The van der Waals surface area contributed by atoms with Crippen LogP contribution in [-0.4, -0.2) is 9.91 Å². The summed E-state index contributed by atoms with van der Waals surface area (Å²) in [6.07, 6.45) is 1.68. The van der Waals surface area contributed by atoms with Gasteiger partial charge in [0.1, 0.15) is 5.52 Å². The molecule has 0 N–H and O–H groups in total. The number of pyridine rings is 1. The van der Waals surface area contributed by atoms with Gasteiger partial charge in [0.15, 0.2) is 0 Å². The topological polar surface area (TPSA) is 56.0 Å². The van der Waals surface area contributed by atoms with Crippen molar-refractivity contribution in [2.75, 3.05) is 0 Å². The van der Waals surface area contributed by atoms with Gasteiger partial charge in [-0.3, -0.25) is 10.1 Å². The zero-order valence-corrected chi connectivity index (χ0v) is 9.44. The summed E-state index contributed by atoms with van der Waals surface area (Å²) in [7, 11) is 0. The summed E-state index contributed by atoms with van der Waals surface area (Å²) in [6, 6.07) is 3.50. The van der Waals surface area contributed by atoms with E-state index in [1.807, 2.05) is 26.8 Å². The first kappa shape index (κ1) is 10.5. The van der Waals surface area contributed by atoms with Crippen LogP contribution in [0.5, 0.6) is 0 Å². The maximum atomic E-state index is 10.9. The third-order valence-electron chi connectivity index (χ3n) is 2.81. The first-order valence-corrected chi connectivity index (χ1v) is 5.01. The molecule has 0 aliphatic heterocycles. The highest BCUT2D eigenvalue weighted by Crippen LogP contribution is 2.28. The van der Waals surface area contributed by atoms with Crippen molar-refractivity contribution >= 4 is 16.6 Å². The van der Waals surface area contributed by atoms with E-state index < -0.39 is 0 Å². The number of nitro benzene ring substituents is 1. The molecule has 0 bridgehead atoms. The van der Waals surface area contributed by atoms with Crippen molar-refractivity contribution in [3.8, 4) is 0 Å². The molecule has 4 nitrogen and oxygen atoms in total. The van der Waals surface area contributed by atoms with Gasteiger partial charge in [0, 0.05) is 17.6 Å². The molecule has 0 radical (unpaired) electrons. The molecular formula is C12H12N2O2. The fraction of sp³-hybridized carbons (Fsp3) is 0.250. The van der Waals surface area contributed by atoms with Crippen LogP contribution in [0.25, 0.3) is 10.9 Å². The number of aromatic nitrogens is 1. The fourth-order valence-corrected chi connectivity index (χ4v) is 1.79. The lowest BCUT2D eigenvalue weighted by molar-refractivity contribution is -0.383. The largest absolute Gasteiger partial charge is 0.295 e.